The molecule has 0 saturated carbocycles. The molecule has 0 unspecified atom stereocenters. The minimum atomic E-state index is -0.298. The highest BCUT2D eigenvalue weighted by Crippen LogP contribution is 2.15. The third-order valence-electron chi connectivity index (χ3n) is 2.68. The Kier molecular flexibility index (Phi) is 3.47. The number of urea groups is 1. The predicted molar refractivity (Wildman–Crippen MR) is 80.5 cm³/mol. The topological polar surface area (TPSA) is 59.0 Å². The molecule has 0 saturated heterocycles. The van der Waals surface area contributed by atoms with E-state index in [1.165, 1.54) is 11.3 Å². The lowest BCUT2D eigenvalue weighted by Crippen LogP contribution is -2.19. The summed E-state index contributed by atoms with van der Waals surface area (Å²) >= 11 is 1.38. The first-order valence-corrected chi connectivity index (χ1v) is 6.90. The third kappa shape index (κ3) is 2.86. The Morgan fingerprint density at radius 1 is 1.10 bits per heavy atom. The number of carbonyl (C=O) groups excluding carboxylic acids is 1. The summed E-state index contributed by atoms with van der Waals surface area (Å²) in [6.07, 6.45) is 5.58. The van der Waals surface area contributed by atoms with Crippen molar-refractivity contribution in [1.29, 1.82) is 0 Å². The molecule has 2 heterocycles. The van der Waals surface area contributed by atoms with Gasteiger partial charge in [0.15, 0.2) is 5.13 Å². The number of rotatable bonds is 3. The molecule has 0 atom stereocenters. The third-order valence-corrected chi connectivity index (χ3v) is 3.37. The molecule has 5 nitrogen and oxygen atoms in total. The van der Waals surface area contributed by atoms with Crippen LogP contribution in [0.4, 0.5) is 15.6 Å². The summed E-state index contributed by atoms with van der Waals surface area (Å²) < 4.78 is 2.00. The lowest BCUT2D eigenvalue weighted by Gasteiger charge is -2.07. The molecule has 0 aliphatic heterocycles. The van der Waals surface area contributed by atoms with Gasteiger partial charge in [-0.05, 0) is 36.4 Å². The molecule has 2 N–H and O–H groups in total. The van der Waals surface area contributed by atoms with Crippen LogP contribution in [0.15, 0.2) is 60.4 Å². The lowest BCUT2D eigenvalue weighted by molar-refractivity contribution is 0.262. The molecular weight excluding hydrogens is 272 g/mol. The number of thiazole rings is 1. The fourth-order valence-electron chi connectivity index (χ4n) is 1.77. The maximum absolute atomic E-state index is 11.7. The lowest BCUT2D eigenvalue weighted by atomic mass is 10.3. The fraction of sp³-hybridized carbons (Fsp3) is 0. The first kappa shape index (κ1) is 12.4. The molecule has 0 radical (unpaired) electrons. The summed E-state index contributed by atoms with van der Waals surface area (Å²) in [5.41, 5.74) is 1.77. The van der Waals surface area contributed by atoms with Crippen molar-refractivity contribution in [2.75, 3.05) is 10.6 Å². The van der Waals surface area contributed by atoms with E-state index in [9.17, 15) is 4.79 Å². The molecule has 6 heteroatoms. The van der Waals surface area contributed by atoms with E-state index >= 15 is 0 Å². The Morgan fingerprint density at radius 2 is 1.85 bits per heavy atom. The number of aromatic nitrogens is 2. The number of nitrogens with zero attached hydrogens (tertiary/aromatic N) is 2. The van der Waals surface area contributed by atoms with Gasteiger partial charge >= 0.3 is 6.03 Å². The second-order valence-electron chi connectivity index (χ2n) is 4.05. The zero-order valence-electron chi connectivity index (χ0n) is 10.5. The van der Waals surface area contributed by atoms with Gasteiger partial charge in [-0.15, -0.1) is 11.3 Å². The van der Waals surface area contributed by atoms with Gasteiger partial charge in [0.1, 0.15) is 0 Å². The molecule has 3 rings (SSSR count). The number of anilines is 2. The van der Waals surface area contributed by atoms with Crippen LogP contribution < -0.4 is 10.6 Å². The maximum Gasteiger partial charge on any atom is 0.325 e. The van der Waals surface area contributed by atoms with Gasteiger partial charge in [-0.25, -0.2) is 9.78 Å². The standard InChI is InChI=1S/C14H12N4OS/c19-13(17-14-15-7-10-20-14)16-11-3-5-12(6-4-11)18-8-1-2-9-18/h1-10H,(H2,15,16,17,19). The second-order valence-corrected chi connectivity index (χ2v) is 4.95. The molecule has 1 aromatic carbocycles. The molecule has 20 heavy (non-hydrogen) atoms. The van der Waals surface area contributed by atoms with Crippen molar-refractivity contribution in [3.05, 3.63) is 60.4 Å². The zero-order chi connectivity index (χ0) is 13.8. The Morgan fingerprint density at radius 3 is 2.50 bits per heavy atom. The summed E-state index contributed by atoms with van der Waals surface area (Å²) in [6.45, 7) is 0. The second kappa shape index (κ2) is 5.58. The Balaban J connectivity index is 1.65. The van der Waals surface area contributed by atoms with Crippen LogP contribution in [0.2, 0.25) is 0 Å². The van der Waals surface area contributed by atoms with Gasteiger partial charge in [0, 0.05) is 35.3 Å². The van der Waals surface area contributed by atoms with Crippen LogP contribution in [0.3, 0.4) is 0 Å². The van der Waals surface area contributed by atoms with E-state index in [1.807, 2.05) is 58.7 Å². The zero-order valence-corrected chi connectivity index (χ0v) is 11.3. The highest BCUT2D eigenvalue weighted by molar-refractivity contribution is 7.13. The number of hydrogen-bond acceptors (Lipinski definition) is 3. The summed E-state index contributed by atoms with van der Waals surface area (Å²) in [7, 11) is 0. The van der Waals surface area contributed by atoms with Crippen molar-refractivity contribution in [2.45, 2.75) is 0 Å². The average molecular weight is 284 g/mol. The number of nitrogens with one attached hydrogen (secondary N) is 2. The Bertz CT molecular complexity index is 675. The van der Waals surface area contributed by atoms with Crippen molar-refractivity contribution < 1.29 is 4.79 Å². The highest BCUT2D eigenvalue weighted by atomic mass is 32.1. The summed E-state index contributed by atoms with van der Waals surface area (Å²) in [5, 5.41) is 7.81. The van der Waals surface area contributed by atoms with E-state index in [-0.39, 0.29) is 6.03 Å². The maximum atomic E-state index is 11.7. The molecule has 0 fully saturated rings. The minimum Gasteiger partial charge on any atom is -0.324 e. The van der Waals surface area contributed by atoms with E-state index in [0.717, 1.165) is 11.4 Å². The van der Waals surface area contributed by atoms with Crippen LogP contribution >= 0.6 is 11.3 Å². The molecular formula is C14H12N4OS. The highest BCUT2D eigenvalue weighted by Gasteiger charge is 2.04. The van der Waals surface area contributed by atoms with E-state index in [4.69, 9.17) is 0 Å². The normalized spacial score (nSPS) is 10.2. The van der Waals surface area contributed by atoms with E-state index in [1.54, 1.807) is 6.20 Å². The molecule has 2 aromatic heterocycles. The first-order valence-electron chi connectivity index (χ1n) is 6.02. The number of benzene rings is 1. The van der Waals surface area contributed by atoms with Crippen molar-refractivity contribution in [3.8, 4) is 5.69 Å². The van der Waals surface area contributed by atoms with E-state index < -0.39 is 0 Å². The van der Waals surface area contributed by atoms with Crippen LogP contribution in [0.25, 0.3) is 5.69 Å². The van der Waals surface area contributed by atoms with E-state index in [0.29, 0.717) is 5.13 Å². The van der Waals surface area contributed by atoms with Crippen molar-refractivity contribution >= 4 is 28.2 Å². The SMILES string of the molecule is O=C(Nc1ccc(-n2cccc2)cc1)Nc1nccs1. The molecule has 0 aliphatic rings. The van der Waals surface area contributed by atoms with Crippen LogP contribution in [-0.4, -0.2) is 15.6 Å². The minimum absolute atomic E-state index is 0.298. The summed E-state index contributed by atoms with van der Waals surface area (Å²) in [4.78, 5) is 15.7. The van der Waals surface area contributed by atoms with Gasteiger partial charge < -0.3 is 9.88 Å². The van der Waals surface area contributed by atoms with Gasteiger partial charge in [-0.3, -0.25) is 5.32 Å². The Labute approximate surface area is 119 Å². The van der Waals surface area contributed by atoms with Crippen molar-refractivity contribution in [3.63, 3.8) is 0 Å². The van der Waals surface area contributed by atoms with Gasteiger partial charge in [0.05, 0.1) is 0 Å². The fourth-order valence-corrected chi connectivity index (χ4v) is 2.29. The summed E-state index contributed by atoms with van der Waals surface area (Å²) in [5.74, 6) is 0. The van der Waals surface area contributed by atoms with Crippen LogP contribution in [-0.2, 0) is 0 Å². The quantitative estimate of drug-likeness (QED) is 0.772. The Hall–Kier alpha value is -2.60. The first-order chi connectivity index (χ1) is 9.81. The molecule has 3 aromatic rings. The molecule has 0 bridgehead atoms. The van der Waals surface area contributed by atoms with E-state index in [2.05, 4.69) is 15.6 Å². The summed E-state index contributed by atoms with van der Waals surface area (Å²) in [6, 6.07) is 11.2. The molecule has 100 valence electrons. The number of carbonyl (C=O) groups is 1. The van der Waals surface area contributed by atoms with Crippen LogP contribution in [0, 0.1) is 0 Å². The number of hydrogen-bond donors (Lipinski definition) is 2. The average Bonchev–Trinajstić information content (AvgIpc) is 3.12. The van der Waals surface area contributed by atoms with Crippen molar-refractivity contribution in [1.82, 2.24) is 9.55 Å². The van der Waals surface area contributed by atoms with Gasteiger partial charge in [0.25, 0.3) is 0 Å². The predicted octanol–water partition coefficient (Wildman–Crippen LogP) is 3.58. The molecule has 0 spiro atoms. The monoisotopic (exact) mass is 284 g/mol. The largest absolute Gasteiger partial charge is 0.325 e. The molecule has 2 amide bonds. The van der Waals surface area contributed by atoms with Crippen LogP contribution in [0.5, 0.6) is 0 Å². The van der Waals surface area contributed by atoms with Crippen LogP contribution in [0.1, 0.15) is 0 Å². The van der Waals surface area contributed by atoms with Gasteiger partial charge in [-0.1, -0.05) is 0 Å². The number of amides is 2. The molecule has 0 aliphatic carbocycles. The van der Waals surface area contributed by atoms with Gasteiger partial charge in [0.2, 0.25) is 0 Å². The van der Waals surface area contributed by atoms with Gasteiger partial charge in [-0.2, -0.15) is 0 Å². The smallest absolute Gasteiger partial charge is 0.324 e. The van der Waals surface area contributed by atoms with Crippen molar-refractivity contribution in [2.24, 2.45) is 0 Å².